The second kappa shape index (κ2) is 5.55. The number of thiazole rings is 1. The third-order valence-electron chi connectivity index (χ3n) is 2.53. The summed E-state index contributed by atoms with van der Waals surface area (Å²) in [4.78, 5) is 9.88. The summed E-state index contributed by atoms with van der Waals surface area (Å²) in [5.41, 5.74) is 2.01. The predicted molar refractivity (Wildman–Crippen MR) is 80.6 cm³/mol. The van der Waals surface area contributed by atoms with Crippen molar-refractivity contribution >= 4 is 44.6 Å². The average molecular weight is 347 g/mol. The van der Waals surface area contributed by atoms with Crippen molar-refractivity contribution in [2.75, 3.05) is 5.32 Å². The smallest absolute Gasteiger partial charge is 0.143 e. The maximum atomic E-state index is 5.87. The number of nitrogens with zero attached hydrogens (tertiary/aromatic N) is 2. The molecule has 2 aromatic heterocycles. The molecule has 0 saturated carbocycles. The topological polar surface area (TPSA) is 37.8 Å². The van der Waals surface area contributed by atoms with Crippen molar-refractivity contribution in [2.24, 2.45) is 0 Å². The number of hydrogen-bond donors (Lipinski definition) is 1. The number of anilines is 1. The zero-order valence-corrected chi connectivity index (χ0v) is 13.4. The van der Waals surface area contributed by atoms with E-state index in [2.05, 4.69) is 45.1 Å². The van der Waals surface area contributed by atoms with Crippen LogP contribution in [-0.4, -0.2) is 9.97 Å². The number of hydrogen-bond acceptors (Lipinski definition) is 4. The van der Waals surface area contributed by atoms with Crippen molar-refractivity contribution < 1.29 is 0 Å². The minimum atomic E-state index is 0.143. The highest BCUT2D eigenvalue weighted by Gasteiger charge is 2.13. The molecule has 0 fully saturated rings. The molecule has 6 heteroatoms. The summed E-state index contributed by atoms with van der Waals surface area (Å²) in [5.74, 6) is 0. The number of rotatable bonds is 3. The van der Waals surface area contributed by atoms with Crippen LogP contribution in [0.1, 0.15) is 28.5 Å². The molecule has 0 amide bonds. The molecule has 1 atom stereocenters. The van der Waals surface area contributed by atoms with Gasteiger partial charge in [-0.15, -0.1) is 11.3 Å². The molecule has 0 aromatic carbocycles. The zero-order valence-electron chi connectivity index (χ0n) is 10.3. The Labute approximate surface area is 124 Å². The van der Waals surface area contributed by atoms with Crippen molar-refractivity contribution in [1.82, 2.24) is 9.97 Å². The Hall–Kier alpha value is -0.650. The first kappa shape index (κ1) is 13.8. The molecule has 0 aliphatic carbocycles. The van der Waals surface area contributed by atoms with E-state index in [0.717, 1.165) is 20.9 Å². The molecule has 2 heterocycles. The normalized spacial score (nSPS) is 12.5. The summed E-state index contributed by atoms with van der Waals surface area (Å²) in [6.45, 7) is 6.20. The molecular formula is C12H13BrClN3S. The summed E-state index contributed by atoms with van der Waals surface area (Å²) in [7, 11) is 0. The highest BCUT2D eigenvalue weighted by atomic mass is 79.9. The number of pyridine rings is 1. The Bertz CT molecular complexity index is 570. The van der Waals surface area contributed by atoms with Gasteiger partial charge in [-0.05, 0) is 42.8 Å². The molecule has 96 valence electrons. The molecule has 1 N–H and O–H groups in total. The average Bonchev–Trinajstić information content (AvgIpc) is 2.63. The lowest BCUT2D eigenvalue weighted by atomic mass is 10.2. The van der Waals surface area contributed by atoms with Crippen LogP contribution in [0.4, 0.5) is 5.69 Å². The standard InChI is InChI=1S/C12H13BrClN3S/c1-6(11-7(2)18-8(3)17-11)16-9-4-10(13)12(14)15-5-9/h4-6,16H,1-3H3. The van der Waals surface area contributed by atoms with E-state index in [-0.39, 0.29) is 6.04 Å². The number of halogens is 2. The van der Waals surface area contributed by atoms with Gasteiger partial charge in [0, 0.05) is 4.88 Å². The van der Waals surface area contributed by atoms with Crippen LogP contribution in [0.15, 0.2) is 16.7 Å². The molecule has 0 saturated heterocycles. The van der Waals surface area contributed by atoms with E-state index in [1.165, 1.54) is 4.88 Å². The molecule has 0 spiro atoms. The van der Waals surface area contributed by atoms with E-state index in [1.807, 2.05) is 13.0 Å². The summed E-state index contributed by atoms with van der Waals surface area (Å²) in [6, 6.07) is 2.06. The van der Waals surface area contributed by atoms with Gasteiger partial charge in [-0.1, -0.05) is 11.6 Å². The van der Waals surface area contributed by atoms with Gasteiger partial charge in [0.05, 0.1) is 33.1 Å². The Morgan fingerprint density at radius 3 is 2.72 bits per heavy atom. The fourth-order valence-electron chi connectivity index (χ4n) is 1.77. The molecule has 0 radical (unpaired) electrons. The van der Waals surface area contributed by atoms with Crippen molar-refractivity contribution in [3.05, 3.63) is 37.5 Å². The highest BCUT2D eigenvalue weighted by Crippen LogP contribution is 2.28. The number of aryl methyl sites for hydroxylation is 2. The Balaban J connectivity index is 2.18. The SMILES string of the molecule is Cc1nc(C(C)Nc2cnc(Cl)c(Br)c2)c(C)s1. The van der Waals surface area contributed by atoms with Gasteiger partial charge < -0.3 is 5.32 Å². The lowest BCUT2D eigenvalue weighted by Gasteiger charge is -2.14. The van der Waals surface area contributed by atoms with E-state index in [4.69, 9.17) is 11.6 Å². The summed E-state index contributed by atoms with van der Waals surface area (Å²) in [5, 5.41) is 4.93. The van der Waals surface area contributed by atoms with Crippen LogP contribution in [0.5, 0.6) is 0 Å². The summed E-state index contributed by atoms with van der Waals surface area (Å²) in [6.07, 6.45) is 1.72. The van der Waals surface area contributed by atoms with Gasteiger partial charge >= 0.3 is 0 Å². The van der Waals surface area contributed by atoms with Gasteiger partial charge in [0.25, 0.3) is 0 Å². The molecule has 0 aliphatic rings. The Morgan fingerprint density at radius 2 is 2.17 bits per heavy atom. The van der Waals surface area contributed by atoms with E-state index in [9.17, 15) is 0 Å². The first-order valence-corrected chi connectivity index (χ1v) is 7.47. The van der Waals surface area contributed by atoms with Crippen LogP contribution in [0, 0.1) is 13.8 Å². The largest absolute Gasteiger partial charge is 0.376 e. The first-order chi connectivity index (χ1) is 8.47. The van der Waals surface area contributed by atoms with Crippen molar-refractivity contribution in [2.45, 2.75) is 26.8 Å². The third-order valence-corrected chi connectivity index (χ3v) is 4.56. The first-order valence-electron chi connectivity index (χ1n) is 5.49. The summed E-state index contributed by atoms with van der Waals surface area (Å²) >= 11 is 10.9. The maximum absolute atomic E-state index is 5.87. The second-order valence-electron chi connectivity index (χ2n) is 4.04. The van der Waals surface area contributed by atoms with E-state index >= 15 is 0 Å². The Kier molecular flexibility index (Phi) is 4.25. The lowest BCUT2D eigenvalue weighted by Crippen LogP contribution is -2.08. The molecule has 1 unspecified atom stereocenters. The zero-order chi connectivity index (χ0) is 13.3. The van der Waals surface area contributed by atoms with Crippen LogP contribution in [0.25, 0.3) is 0 Å². The molecule has 3 nitrogen and oxygen atoms in total. The quantitative estimate of drug-likeness (QED) is 0.815. The maximum Gasteiger partial charge on any atom is 0.143 e. The fraction of sp³-hybridized carbons (Fsp3) is 0.333. The van der Waals surface area contributed by atoms with Crippen molar-refractivity contribution in [3.8, 4) is 0 Å². The molecule has 0 aliphatic heterocycles. The Morgan fingerprint density at radius 1 is 1.44 bits per heavy atom. The third kappa shape index (κ3) is 3.02. The molecule has 18 heavy (non-hydrogen) atoms. The van der Waals surface area contributed by atoms with Gasteiger partial charge in [0.1, 0.15) is 5.15 Å². The van der Waals surface area contributed by atoms with Crippen LogP contribution in [0.3, 0.4) is 0 Å². The number of nitrogens with one attached hydrogen (secondary N) is 1. The van der Waals surface area contributed by atoms with E-state index < -0.39 is 0 Å². The van der Waals surface area contributed by atoms with Crippen LogP contribution >= 0.6 is 38.9 Å². The lowest BCUT2D eigenvalue weighted by molar-refractivity contribution is 0.835. The van der Waals surface area contributed by atoms with Gasteiger partial charge in [-0.3, -0.25) is 0 Å². The van der Waals surface area contributed by atoms with Gasteiger partial charge in [0.15, 0.2) is 0 Å². The minimum Gasteiger partial charge on any atom is -0.376 e. The fourth-order valence-corrected chi connectivity index (χ4v) is 3.13. The summed E-state index contributed by atoms with van der Waals surface area (Å²) < 4.78 is 0.785. The van der Waals surface area contributed by atoms with Gasteiger partial charge in [0.2, 0.25) is 0 Å². The monoisotopic (exact) mass is 345 g/mol. The van der Waals surface area contributed by atoms with Crippen molar-refractivity contribution in [1.29, 1.82) is 0 Å². The minimum absolute atomic E-state index is 0.143. The number of aromatic nitrogens is 2. The molecule has 2 aromatic rings. The van der Waals surface area contributed by atoms with Crippen LogP contribution < -0.4 is 5.32 Å². The van der Waals surface area contributed by atoms with Gasteiger partial charge in [-0.25, -0.2) is 9.97 Å². The molecule has 2 rings (SSSR count). The van der Waals surface area contributed by atoms with Crippen LogP contribution in [-0.2, 0) is 0 Å². The molecular weight excluding hydrogens is 334 g/mol. The highest BCUT2D eigenvalue weighted by molar-refractivity contribution is 9.10. The van der Waals surface area contributed by atoms with Gasteiger partial charge in [-0.2, -0.15) is 0 Å². The second-order valence-corrected chi connectivity index (χ2v) is 6.66. The van der Waals surface area contributed by atoms with Crippen LogP contribution in [0.2, 0.25) is 5.15 Å². The van der Waals surface area contributed by atoms with E-state index in [1.54, 1.807) is 17.5 Å². The molecule has 0 bridgehead atoms. The van der Waals surface area contributed by atoms with E-state index in [0.29, 0.717) is 5.15 Å². The predicted octanol–water partition coefficient (Wildman–Crippen LogP) is 4.74. The van der Waals surface area contributed by atoms with Crippen molar-refractivity contribution in [3.63, 3.8) is 0 Å².